The lowest BCUT2D eigenvalue weighted by molar-refractivity contribution is 0.0965. The van der Waals surface area contributed by atoms with Crippen molar-refractivity contribution in [1.29, 1.82) is 0 Å². The molecule has 0 aromatic rings. The first kappa shape index (κ1) is 17.0. The van der Waals surface area contributed by atoms with Crippen molar-refractivity contribution in [1.82, 2.24) is 9.80 Å². The van der Waals surface area contributed by atoms with Crippen molar-refractivity contribution < 1.29 is 0 Å². The molecule has 0 heterocycles. The van der Waals surface area contributed by atoms with Gasteiger partial charge in [0.15, 0.2) is 0 Å². The van der Waals surface area contributed by atoms with E-state index in [0.717, 1.165) is 12.5 Å². The van der Waals surface area contributed by atoms with Gasteiger partial charge in [-0.25, -0.2) is 0 Å². The lowest BCUT2D eigenvalue weighted by Gasteiger charge is -2.38. The molecule has 0 atom stereocenters. The molecule has 102 valence electrons. The lowest BCUT2D eigenvalue weighted by atomic mass is 9.59. The second kappa shape index (κ2) is 8.15. The summed E-state index contributed by atoms with van der Waals surface area (Å²) in [5.41, 5.74) is 0.310. The Hall–Kier alpha value is -0.0151. The second-order valence-electron chi connectivity index (χ2n) is 6.52. The van der Waals surface area contributed by atoms with Gasteiger partial charge in [-0.3, -0.25) is 9.80 Å². The summed E-state index contributed by atoms with van der Waals surface area (Å²) in [5, 5.41) is 0. The smallest absolute Gasteiger partial charge is 0.125 e. The first-order valence-corrected chi connectivity index (χ1v) is 7.19. The van der Waals surface area contributed by atoms with Crippen LogP contribution in [0.25, 0.3) is 0 Å². The van der Waals surface area contributed by atoms with Gasteiger partial charge in [0.05, 0.1) is 6.67 Å². The molecule has 17 heavy (non-hydrogen) atoms. The van der Waals surface area contributed by atoms with Crippen LogP contribution in [-0.2, 0) is 0 Å². The van der Waals surface area contributed by atoms with Crippen LogP contribution in [0, 0.1) is 0 Å². The van der Waals surface area contributed by atoms with E-state index in [1.807, 2.05) is 0 Å². The predicted molar refractivity (Wildman–Crippen MR) is 81.3 cm³/mol. The Balaban J connectivity index is 4.04. The highest BCUT2D eigenvalue weighted by Gasteiger charge is 2.24. The van der Waals surface area contributed by atoms with E-state index in [1.54, 1.807) is 0 Å². The van der Waals surface area contributed by atoms with Crippen LogP contribution in [0.4, 0.5) is 0 Å². The van der Waals surface area contributed by atoms with Gasteiger partial charge in [0, 0.05) is 5.54 Å². The van der Waals surface area contributed by atoms with Crippen molar-refractivity contribution in [3.8, 4) is 0 Å². The van der Waals surface area contributed by atoms with Crippen LogP contribution in [0.3, 0.4) is 0 Å². The minimum absolute atomic E-state index is 0.310. The van der Waals surface area contributed by atoms with Gasteiger partial charge >= 0.3 is 0 Å². The predicted octanol–water partition coefficient (Wildman–Crippen LogP) is 3.07. The summed E-state index contributed by atoms with van der Waals surface area (Å²) < 4.78 is 0. The zero-order valence-corrected chi connectivity index (χ0v) is 13.2. The van der Waals surface area contributed by atoms with E-state index < -0.39 is 0 Å². The SMILES string of the molecule is CCCCN(C)CN(C)C(C)(C)CBC(C)C. The van der Waals surface area contributed by atoms with E-state index in [9.17, 15) is 0 Å². The van der Waals surface area contributed by atoms with Crippen molar-refractivity contribution in [3.63, 3.8) is 0 Å². The third kappa shape index (κ3) is 7.83. The molecule has 0 aliphatic rings. The van der Waals surface area contributed by atoms with E-state index in [4.69, 9.17) is 0 Å². The molecule has 0 bridgehead atoms. The Kier molecular flexibility index (Phi) is 8.14. The molecule has 3 heteroatoms. The molecule has 0 spiro atoms. The van der Waals surface area contributed by atoms with Crippen molar-refractivity contribution >= 4 is 7.28 Å². The fraction of sp³-hybridized carbons (Fsp3) is 1.00. The van der Waals surface area contributed by atoms with Gasteiger partial charge in [-0.05, 0) is 40.9 Å². The van der Waals surface area contributed by atoms with Gasteiger partial charge in [-0.15, -0.1) is 0 Å². The van der Waals surface area contributed by atoms with Gasteiger partial charge in [0.25, 0.3) is 0 Å². The highest BCUT2D eigenvalue weighted by molar-refractivity contribution is 6.37. The van der Waals surface area contributed by atoms with Gasteiger partial charge in [0.2, 0.25) is 0 Å². The van der Waals surface area contributed by atoms with Gasteiger partial charge < -0.3 is 0 Å². The van der Waals surface area contributed by atoms with Crippen LogP contribution in [0.15, 0.2) is 0 Å². The molecule has 0 amide bonds. The minimum Gasteiger partial charge on any atom is -0.294 e. The zero-order chi connectivity index (χ0) is 13.5. The third-order valence-corrected chi connectivity index (χ3v) is 3.71. The Bertz CT molecular complexity index is 193. The Labute approximate surface area is 110 Å². The number of hydrogen-bond donors (Lipinski definition) is 0. The van der Waals surface area contributed by atoms with E-state index in [-0.39, 0.29) is 0 Å². The molecule has 0 radical (unpaired) electrons. The van der Waals surface area contributed by atoms with Gasteiger partial charge in [0.1, 0.15) is 7.28 Å². The maximum Gasteiger partial charge on any atom is 0.125 e. The van der Waals surface area contributed by atoms with E-state index >= 15 is 0 Å². The summed E-state index contributed by atoms with van der Waals surface area (Å²) in [4.78, 5) is 4.92. The van der Waals surface area contributed by atoms with E-state index in [2.05, 4.69) is 58.5 Å². The molecule has 0 N–H and O–H groups in total. The van der Waals surface area contributed by atoms with Gasteiger partial charge in [-0.1, -0.05) is 39.3 Å². The number of hydrogen-bond acceptors (Lipinski definition) is 2. The maximum atomic E-state index is 2.49. The van der Waals surface area contributed by atoms with Crippen LogP contribution in [0.5, 0.6) is 0 Å². The number of unbranched alkanes of at least 4 members (excludes halogenated alkanes) is 1. The molecule has 0 aromatic heterocycles. The second-order valence-corrected chi connectivity index (χ2v) is 6.52. The number of rotatable bonds is 9. The fourth-order valence-electron chi connectivity index (χ4n) is 1.89. The molecule has 2 nitrogen and oxygen atoms in total. The number of nitrogens with zero attached hydrogens (tertiary/aromatic N) is 2. The zero-order valence-electron chi connectivity index (χ0n) is 13.2. The first-order chi connectivity index (χ1) is 7.79. The van der Waals surface area contributed by atoms with Crippen LogP contribution in [0.1, 0.15) is 47.5 Å². The molecule has 0 saturated carbocycles. The molecular formula is C14H33BN2. The molecule has 0 aliphatic carbocycles. The molecule has 0 aliphatic heterocycles. The van der Waals surface area contributed by atoms with Gasteiger partial charge in [-0.2, -0.15) is 0 Å². The largest absolute Gasteiger partial charge is 0.294 e. The molecule has 0 rings (SSSR count). The fourth-order valence-corrected chi connectivity index (χ4v) is 1.89. The quantitative estimate of drug-likeness (QED) is 0.451. The monoisotopic (exact) mass is 240 g/mol. The average Bonchev–Trinajstić information content (AvgIpc) is 2.23. The Morgan fingerprint density at radius 2 is 1.76 bits per heavy atom. The Morgan fingerprint density at radius 1 is 1.18 bits per heavy atom. The molecular weight excluding hydrogens is 207 g/mol. The summed E-state index contributed by atoms with van der Waals surface area (Å²) in [7, 11) is 5.80. The maximum absolute atomic E-state index is 2.49. The molecule has 0 fully saturated rings. The molecule has 0 saturated heterocycles. The average molecular weight is 240 g/mol. The van der Waals surface area contributed by atoms with Crippen molar-refractivity contribution in [2.24, 2.45) is 0 Å². The van der Waals surface area contributed by atoms with Crippen LogP contribution in [0.2, 0.25) is 12.1 Å². The van der Waals surface area contributed by atoms with Crippen molar-refractivity contribution in [3.05, 3.63) is 0 Å². The molecule has 0 unspecified atom stereocenters. The summed E-state index contributed by atoms with van der Waals surface area (Å²) in [6.07, 6.45) is 3.87. The summed E-state index contributed by atoms with van der Waals surface area (Å²) in [6, 6.07) is 0. The minimum atomic E-state index is 0.310. The molecule has 0 aromatic carbocycles. The van der Waals surface area contributed by atoms with Crippen molar-refractivity contribution in [2.75, 3.05) is 27.3 Å². The van der Waals surface area contributed by atoms with E-state index in [1.165, 1.54) is 33.0 Å². The Morgan fingerprint density at radius 3 is 2.24 bits per heavy atom. The normalized spacial score (nSPS) is 12.8. The van der Waals surface area contributed by atoms with Crippen molar-refractivity contribution in [2.45, 2.75) is 65.1 Å². The van der Waals surface area contributed by atoms with Crippen LogP contribution >= 0.6 is 0 Å². The third-order valence-electron chi connectivity index (χ3n) is 3.71. The first-order valence-electron chi connectivity index (χ1n) is 7.19. The van der Waals surface area contributed by atoms with E-state index in [0.29, 0.717) is 5.54 Å². The summed E-state index contributed by atoms with van der Waals surface area (Å²) >= 11 is 0. The van der Waals surface area contributed by atoms with Crippen LogP contribution < -0.4 is 0 Å². The lowest BCUT2D eigenvalue weighted by Crippen LogP contribution is -2.47. The highest BCUT2D eigenvalue weighted by atomic mass is 15.3. The standard InChI is InChI=1S/C14H33BN2/c1-8-9-10-16(6)12-17(7)14(4,5)11-15-13(2)3/h13,15H,8-12H2,1-7H3. The highest BCUT2D eigenvalue weighted by Crippen LogP contribution is 2.20. The topological polar surface area (TPSA) is 6.48 Å². The van der Waals surface area contributed by atoms with Crippen LogP contribution in [-0.4, -0.2) is 49.9 Å². The summed E-state index contributed by atoms with van der Waals surface area (Å²) in [6.45, 7) is 13.9. The summed E-state index contributed by atoms with van der Waals surface area (Å²) in [5.74, 6) is 0.806.